The summed E-state index contributed by atoms with van der Waals surface area (Å²) in [6, 6.07) is 6.74. The van der Waals surface area contributed by atoms with Gasteiger partial charge in [-0.05, 0) is 19.1 Å². The van der Waals surface area contributed by atoms with Crippen LogP contribution in [-0.2, 0) is 0 Å². The molecule has 1 heterocycles. The second kappa shape index (κ2) is 5.52. The number of amides is 1. The molecule has 2 aromatic rings. The third-order valence-electron chi connectivity index (χ3n) is 3.11. The minimum absolute atomic E-state index is 0.0467. The van der Waals surface area contributed by atoms with Crippen LogP contribution in [0.25, 0.3) is 11.0 Å². The number of nitrogens with zero attached hydrogens (tertiary/aromatic N) is 4. The lowest BCUT2D eigenvalue weighted by molar-refractivity contribution is 0.0770. The van der Waals surface area contributed by atoms with Gasteiger partial charge >= 0.3 is 0 Å². The number of carbonyl (C=O) groups excluding carboxylic acids is 1. The van der Waals surface area contributed by atoms with Gasteiger partial charge in [-0.3, -0.25) is 9.78 Å². The number of likely N-dealkylation sites (N-methyl/N-ethyl adjacent to an activating group) is 1. The highest BCUT2D eigenvalue weighted by Gasteiger charge is 2.22. The van der Waals surface area contributed by atoms with E-state index in [0.29, 0.717) is 5.52 Å². The fourth-order valence-electron chi connectivity index (χ4n) is 1.70. The zero-order chi connectivity index (χ0) is 14.7. The lowest BCUT2D eigenvalue weighted by Crippen LogP contribution is -2.44. The van der Waals surface area contributed by atoms with Gasteiger partial charge in [-0.1, -0.05) is 17.3 Å². The number of rotatable bonds is 3. The molecule has 0 radical (unpaired) electrons. The van der Waals surface area contributed by atoms with Crippen LogP contribution in [0.1, 0.15) is 17.4 Å². The molecular formula is C13H15N5O2. The highest BCUT2D eigenvalue weighted by Crippen LogP contribution is 2.10. The third-order valence-corrected chi connectivity index (χ3v) is 3.11. The largest absolute Gasteiger partial charge is 0.409 e. The standard InChI is InChI=1S/C13H15N5O2/c1-8(12(14)17-20)18(2)13(19)11-7-15-9-5-3-4-6-10(9)16-11/h3-8,20H,1-2H3,(H2,14,17). The average Bonchev–Trinajstić information content (AvgIpc) is 2.51. The van der Waals surface area contributed by atoms with E-state index < -0.39 is 6.04 Å². The van der Waals surface area contributed by atoms with E-state index in [1.54, 1.807) is 20.0 Å². The number of amidine groups is 1. The third kappa shape index (κ3) is 2.51. The van der Waals surface area contributed by atoms with Crippen molar-refractivity contribution in [2.24, 2.45) is 10.9 Å². The number of oxime groups is 1. The van der Waals surface area contributed by atoms with Crippen LogP contribution in [0.2, 0.25) is 0 Å². The van der Waals surface area contributed by atoms with Crippen molar-refractivity contribution in [1.82, 2.24) is 14.9 Å². The number of benzene rings is 1. The van der Waals surface area contributed by atoms with Crippen LogP contribution in [0.15, 0.2) is 35.6 Å². The van der Waals surface area contributed by atoms with Crippen molar-refractivity contribution in [2.45, 2.75) is 13.0 Å². The van der Waals surface area contributed by atoms with Crippen LogP contribution >= 0.6 is 0 Å². The molecule has 1 unspecified atom stereocenters. The minimum Gasteiger partial charge on any atom is -0.409 e. The molecule has 1 aromatic carbocycles. The summed E-state index contributed by atoms with van der Waals surface area (Å²) < 4.78 is 0. The molecule has 7 nitrogen and oxygen atoms in total. The Morgan fingerprint density at radius 1 is 1.40 bits per heavy atom. The van der Waals surface area contributed by atoms with Gasteiger partial charge in [0.2, 0.25) is 0 Å². The van der Waals surface area contributed by atoms with Gasteiger partial charge in [0.1, 0.15) is 5.69 Å². The van der Waals surface area contributed by atoms with Crippen LogP contribution < -0.4 is 5.73 Å². The maximum Gasteiger partial charge on any atom is 0.274 e. The normalized spacial score (nSPS) is 13.2. The summed E-state index contributed by atoms with van der Waals surface area (Å²) in [5.41, 5.74) is 7.07. The Labute approximate surface area is 115 Å². The van der Waals surface area contributed by atoms with Crippen molar-refractivity contribution in [3.8, 4) is 0 Å². The second-order valence-corrected chi connectivity index (χ2v) is 4.36. The molecule has 3 N–H and O–H groups in total. The summed E-state index contributed by atoms with van der Waals surface area (Å²) in [6.07, 6.45) is 1.42. The quantitative estimate of drug-likeness (QED) is 0.373. The number of fused-ring (bicyclic) bond motifs is 1. The van der Waals surface area contributed by atoms with E-state index in [-0.39, 0.29) is 17.4 Å². The lowest BCUT2D eigenvalue weighted by Gasteiger charge is -2.23. The first-order valence-corrected chi connectivity index (χ1v) is 6.01. The van der Waals surface area contributed by atoms with Gasteiger partial charge in [0.15, 0.2) is 5.84 Å². The summed E-state index contributed by atoms with van der Waals surface area (Å²) >= 11 is 0. The zero-order valence-electron chi connectivity index (χ0n) is 11.2. The van der Waals surface area contributed by atoms with Crippen molar-refractivity contribution in [3.63, 3.8) is 0 Å². The van der Waals surface area contributed by atoms with Gasteiger partial charge in [0.05, 0.1) is 23.3 Å². The van der Waals surface area contributed by atoms with Gasteiger partial charge in [0, 0.05) is 7.05 Å². The smallest absolute Gasteiger partial charge is 0.274 e. The Morgan fingerprint density at radius 2 is 2.05 bits per heavy atom. The molecule has 0 saturated carbocycles. The molecule has 1 amide bonds. The summed E-state index contributed by atoms with van der Waals surface area (Å²) in [7, 11) is 1.56. The van der Waals surface area contributed by atoms with Crippen LogP contribution in [0.4, 0.5) is 0 Å². The molecule has 0 fully saturated rings. The van der Waals surface area contributed by atoms with Crippen LogP contribution in [-0.4, -0.2) is 44.9 Å². The first-order chi connectivity index (χ1) is 9.54. The second-order valence-electron chi connectivity index (χ2n) is 4.36. The maximum absolute atomic E-state index is 12.3. The molecule has 2 rings (SSSR count). The molecule has 20 heavy (non-hydrogen) atoms. The fraction of sp³-hybridized carbons (Fsp3) is 0.231. The first kappa shape index (κ1) is 13.7. The number of hydrogen-bond acceptors (Lipinski definition) is 5. The van der Waals surface area contributed by atoms with Gasteiger partial charge in [0.25, 0.3) is 5.91 Å². The van der Waals surface area contributed by atoms with E-state index in [2.05, 4.69) is 15.1 Å². The topological polar surface area (TPSA) is 105 Å². The van der Waals surface area contributed by atoms with Crippen molar-refractivity contribution in [2.75, 3.05) is 7.05 Å². The minimum atomic E-state index is -0.541. The molecular weight excluding hydrogens is 258 g/mol. The Balaban J connectivity index is 2.31. The van der Waals surface area contributed by atoms with Crippen molar-refractivity contribution in [1.29, 1.82) is 0 Å². The zero-order valence-corrected chi connectivity index (χ0v) is 11.2. The molecule has 104 valence electrons. The Bertz CT molecular complexity index is 671. The Morgan fingerprint density at radius 3 is 2.70 bits per heavy atom. The molecule has 0 saturated heterocycles. The molecule has 0 aliphatic heterocycles. The highest BCUT2D eigenvalue weighted by atomic mass is 16.4. The van der Waals surface area contributed by atoms with E-state index in [1.165, 1.54) is 11.1 Å². The molecule has 0 spiro atoms. The van der Waals surface area contributed by atoms with Crippen LogP contribution in [0, 0.1) is 0 Å². The number of carbonyl (C=O) groups is 1. The van der Waals surface area contributed by atoms with E-state index in [1.807, 2.05) is 18.2 Å². The van der Waals surface area contributed by atoms with Crippen molar-refractivity contribution >= 4 is 22.8 Å². The first-order valence-electron chi connectivity index (χ1n) is 6.01. The predicted octanol–water partition coefficient (Wildman–Crippen LogP) is 0.837. The van der Waals surface area contributed by atoms with E-state index >= 15 is 0 Å². The summed E-state index contributed by atoms with van der Waals surface area (Å²) in [5.74, 6) is -0.392. The van der Waals surface area contributed by atoms with E-state index in [9.17, 15) is 4.79 Å². The van der Waals surface area contributed by atoms with Crippen molar-refractivity contribution < 1.29 is 10.0 Å². The number of nitrogens with two attached hydrogens (primary N) is 1. The maximum atomic E-state index is 12.3. The van der Waals surface area contributed by atoms with Crippen LogP contribution in [0.3, 0.4) is 0 Å². The highest BCUT2D eigenvalue weighted by molar-refractivity contribution is 5.97. The van der Waals surface area contributed by atoms with Gasteiger partial charge < -0.3 is 15.8 Å². The molecule has 7 heteroatoms. The summed E-state index contributed by atoms with van der Waals surface area (Å²) in [4.78, 5) is 22.1. The molecule has 0 aliphatic rings. The molecule has 1 atom stereocenters. The Kier molecular flexibility index (Phi) is 3.79. The average molecular weight is 273 g/mol. The summed E-state index contributed by atoms with van der Waals surface area (Å²) in [5, 5.41) is 11.5. The monoisotopic (exact) mass is 273 g/mol. The molecule has 0 bridgehead atoms. The lowest BCUT2D eigenvalue weighted by atomic mass is 10.2. The SMILES string of the molecule is CC(/C(N)=N/O)N(C)C(=O)c1cnc2ccccc2n1. The van der Waals surface area contributed by atoms with E-state index in [4.69, 9.17) is 10.9 Å². The van der Waals surface area contributed by atoms with Gasteiger partial charge in [-0.25, -0.2) is 4.98 Å². The number of hydrogen-bond donors (Lipinski definition) is 2. The fourth-order valence-corrected chi connectivity index (χ4v) is 1.70. The molecule has 0 aliphatic carbocycles. The van der Waals surface area contributed by atoms with Crippen LogP contribution in [0.5, 0.6) is 0 Å². The van der Waals surface area contributed by atoms with Crippen molar-refractivity contribution in [3.05, 3.63) is 36.2 Å². The molecule has 1 aromatic heterocycles. The number of aromatic nitrogens is 2. The summed E-state index contributed by atoms with van der Waals surface area (Å²) in [6.45, 7) is 1.65. The van der Waals surface area contributed by atoms with Gasteiger partial charge in [-0.15, -0.1) is 0 Å². The van der Waals surface area contributed by atoms with E-state index in [0.717, 1.165) is 5.52 Å². The Hall–Kier alpha value is -2.70. The van der Waals surface area contributed by atoms with Gasteiger partial charge in [-0.2, -0.15) is 0 Å². The predicted molar refractivity (Wildman–Crippen MR) is 74.5 cm³/mol. The number of para-hydroxylation sites is 2.